The van der Waals surface area contributed by atoms with E-state index in [2.05, 4.69) is 39.4 Å². The first-order valence-electron chi connectivity index (χ1n) is 5.26. The lowest BCUT2D eigenvalue weighted by atomic mass is 10.2. The molecule has 0 atom stereocenters. The van der Waals surface area contributed by atoms with Crippen molar-refractivity contribution in [1.29, 1.82) is 5.26 Å². The fraction of sp³-hybridized carbons (Fsp3) is 0.154. The van der Waals surface area contributed by atoms with E-state index in [1.807, 2.05) is 24.3 Å². The molecule has 86 valence electrons. The number of hydrogen-bond acceptors (Lipinski definition) is 3. The summed E-state index contributed by atoms with van der Waals surface area (Å²) in [7, 11) is 0. The fourth-order valence-corrected chi connectivity index (χ4v) is 3.00. The molecule has 0 unspecified atom stereocenters. The van der Waals surface area contributed by atoms with Crippen LogP contribution in [0.2, 0.25) is 0 Å². The number of rotatable bonds is 4. The molecule has 0 amide bonds. The molecular formula is C13H11BrN2S. The van der Waals surface area contributed by atoms with Crippen LogP contribution in [0.25, 0.3) is 0 Å². The van der Waals surface area contributed by atoms with Gasteiger partial charge in [0.25, 0.3) is 0 Å². The first kappa shape index (κ1) is 12.2. The molecule has 1 N–H and O–H groups in total. The van der Waals surface area contributed by atoms with Crippen LogP contribution >= 0.6 is 27.3 Å². The smallest absolute Gasteiger partial charge is 0.0992 e. The summed E-state index contributed by atoms with van der Waals surface area (Å²) in [5, 5.41) is 12.1. The Kier molecular flexibility index (Phi) is 4.18. The minimum atomic E-state index is 0.689. The predicted octanol–water partition coefficient (Wildman–Crippen LogP) is 4.04. The van der Waals surface area contributed by atoms with Crippen LogP contribution in [0.15, 0.2) is 40.2 Å². The highest BCUT2D eigenvalue weighted by Crippen LogP contribution is 2.22. The summed E-state index contributed by atoms with van der Waals surface area (Å²) in [6.45, 7) is 0.877. The van der Waals surface area contributed by atoms with E-state index in [-0.39, 0.29) is 0 Å². The molecule has 0 saturated heterocycles. The van der Waals surface area contributed by atoms with E-state index in [4.69, 9.17) is 5.26 Å². The van der Waals surface area contributed by atoms with E-state index in [1.165, 1.54) is 8.66 Å². The van der Waals surface area contributed by atoms with E-state index in [9.17, 15) is 0 Å². The number of nitrogens with one attached hydrogen (secondary N) is 1. The van der Waals surface area contributed by atoms with Crippen molar-refractivity contribution in [2.45, 2.75) is 6.42 Å². The monoisotopic (exact) mass is 306 g/mol. The maximum absolute atomic E-state index is 8.79. The van der Waals surface area contributed by atoms with Crippen LogP contribution in [0.1, 0.15) is 10.4 Å². The molecule has 0 spiro atoms. The SMILES string of the molecule is N#Cc1cccc(NCCc2ccc(Br)s2)c1. The third kappa shape index (κ3) is 3.58. The maximum atomic E-state index is 8.79. The topological polar surface area (TPSA) is 35.8 Å². The zero-order valence-corrected chi connectivity index (χ0v) is 11.5. The van der Waals surface area contributed by atoms with Gasteiger partial charge in [0, 0.05) is 17.1 Å². The number of anilines is 1. The highest BCUT2D eigenvalue weighted by Gasteiger charge is 1.98. The van der Waals surface area contributed by atoms with E-state index in [0.717, 1.165) is 18.7 Å². The van der Waals surface area contributed by atoms with Gasteiger partial charge in [0.2, 0.25) is 0 Å². The van der Waals surface area contributed by atoms with Crippen molar-refractivity contribution in [3.05, 3.63) is 50.6 Å². The van der Waals surface area contributed by atoms with Gasteiger partial charge in [-0.05, 0) is 52.7 Å². The molecule has 1 aromatic heterocycles. The van der Waals surface area contributed by atoms with Crippen LogP contribution in [-0.4, -0.2) is 6.54 Å². The van der Waals surface area contributed by atoms with Gasteiger partial charge in [0.05, 0.1) is 15.4 Å². The van der Waals surface area contributed by atoms with E-state index >= 15 is 0 Å². The standard InChI is InChI=1S/C13H11BrN2S/c14-13-5-4-12(17-13)6-7-16-11-3-1-2-10(8-11)9-15/h1-5,8,16H,6-7H2. The zero-order valence-electron chi connectivity index (χ0n) is 9.11. The van der Waals surface area contributed by atoms with Crippen molar-refractivity contribution in [2.75, 3.05) is 11.9 Å². The molecule has 0 bridgehead atoms. The van der Waals surface area contributed by atoms with Crippen molar-refractivity contribution in [3.8, 4) is 6.07 Å². The molecule has 0 radical (unpaired) electrons. The summed E-state index contributed by atoms with van der Waals surface area (Å²) in [5.74, 6) is 0. The number of hydrogen-bond donors (Lipinski definition) is 1. The van der Waals surface area contributed by atoms with Gasteiger partial charge in [-0.25, -0.2) is 0 Å². The Bertz CT molecular complexity index is 542. The Morgan fingerprint density at radius 1 is 1.29 bits per heavy atom. The van der Waals surface area contributed by atoms with Gasteiger partial charge in [-0.15, -0.1) is 11.3 Å². The number of benzene rings is 1. The second kappa shape index (κ2) is 5.85. The third-order valence-corrected chi connectivity index (χ3v) is 4.00. The lowest BCUT2D eigenvalue weighted by Crippen LogP contribution is -2.03. The normalized spacial score (nSPS) is 9.88. The quantitative estimate of drug-likeness (QED) is 0.925. The summed E-state index contributed by atoms with van der Waals surface area (Å²) in [6, 6.07) is 13.9. The molecule has 2 aromatic rings. The van der Waals surface area contributed by atoms with Gasteiger partial charge >= 0.3 is 0 Å². The van der Waals surface area contributed by atoms with Gasteiger partial charge < -0.3 is 5.32 Å². The van der Waals surface area contributed by atoms with Gasteiger partial charge in [-0.2, -0.15) is 5.26 Å². The maximum Gasteiger partial charge on any atom is 0.0992 e. The minimum absolute atomic E-state index is 0.689. The summed E-state index contributed by atoms with van der Waals surface area (Å²) in [4.78, 5) is 1.35. The minimum Gasteiger partial charge on any atom is -0.385 e. The van der Waals surface area contributed by atoms with Crippen molar-refractivity contribution in [3.63, 3.8) is 0 Å². The Balaban J connectivity index is 1.88. The van der Waals surface area contributed by atoms with Gasteiger partial charge in [0.1, 0.15) is 0 Å². The predicted molar refractivity (Wildman–Crippen MR) is 75.4 cm³/mol. The van der Waals surface area contributed by atoms with Crippen molar-refractivity contribution >= 4 is 33.0 Å². The van der Waals surface area contributed by atoms with Gasteiger partial charge in [-0.3, -0.25) is 0 Å². The van der Waals surface area contributed by atoms with Crippen LogP contribution in [0.4, 0.5) is 5.69 Å². The molecule has 17 heavy (non-hydrogen) atoms. The molecule has 0 fully saturated rings. The largest absolute Gasteiger partial charge is 0.385 e. The average Bonchev–Trinajstić information content (AvgIpc) is 2.75. The molecular weight excluding hydrogens is 296 g/mol. The molecule has 1 aromatic carbocycles. The molecule has 4 heteroatoms. The summed E-state index contributed by atoms with van der Waals surface area (Å²) < 4.78 is 1.17. The van der Waals surface area contributed by atoms with Crippen LogP contribution in [0, 0.1) is 11.3 Å². The Labute approximate surface area is 113 Å². The van der Waals surface area contributed by atoms with Crippen molar-refractivity contribution in [2.24, 2.45) is 0 Å². The Hall–Kier alpha value is -1.31. The van der Waals surface area contributed by atoms with Gasteiger partial charge in [-0.1, -0.05) is 6.07 Å². The molecule has 0 saturated carbocycles. The summed E-state index contributed by atoms with van der Waals surface area (Å²) >= 11 is 5.20. The number of halogens is 1. The number of nitriles is 1. The first-order valence-corrected chi connectivity index (χ1v) is 6.87. The Morgan fingerprint density at radius 2 is 2.18 bits per heavy atom. The van der Waals surface area contributed by atoms with E-state index in [0.29, 0.717) is 5.56 Å². The summed E-state index contributed by atoms with van der Waals surface area (Å²) in [6.07, 6.45) is 0.993. The molecule has 2 nitrogen and oxygen atoms in total. The Morgan fingerprint density at radius 3 is 2.88 bits per heavy atom. The van der Waals surface area contributed by atoms with Gasteiger partial charge in [0.15, 0.2) is 0 Å². The molecule has 0 aliphatic heterocycles. The fourth-order valence-electron chi connectivity index (χ4n) is 1.51. The lowest BCUT2D eigenvalue weighted by molar-refractivity contribution is 1.04. The van der Waals surface area contributed by atoms with Crippen molar-refractivity contribution in [1.82, 2.24) is 0 Å². The van der Waals surface area contributed by atoms with Crippen LogP contribution < -0.4 is 5.32 Å². The highest BCUT2D eigenvalue weighted by molar-refractivity contribution is 9.11. The average molecular weight is 307 g/mol. The third-order valence-electron chi connectivity index (χ3n) is 2.32. The second-order valence-corrected chi connectivity index (χ2v) is 6.12. The van der Waals surface area contributed by atoms with E-state index in [1.54, 1.807) is 11.3 Å². The molecule has 2 rings (SSSR count). The highest BCUT2D eigenvalue weighted by atomic mass is 79.9. The number of nitrogens with zero attached hydrogens (tertiary/aromatic N) is 1. The first-order chi connectivity index (χ1) is 8.28. The van der Waals surface area contributed by atoms with Crippen LogP contribution in [0.3, 0.4) is 0 Å². The molecule has 0 aliphatic carbocycles. The lowest BCUT2D eigenvalue weighted by Gasteiger charge is -2.05. The van der Waals surface area contributed by atoms with Crippen molar-refractivity contribution < 1.29 is 0 Å². The van der Waals surface area contributed by atoms with Crippen LogP contribution in [0.5, 0.6) is 0 Å². The molecule has 0 aliphatic rings. The molecule has 1 heterocycles. The zero-order chi connectivity index (χ0) is 12.1. The second-order valence-electron chi connectivity index (χ2n) is 3.58. The number of thiophene rings is 1. The summed E-state index contributed by atoms with van der Waals surface area (Å²) in [5.41, 5.74) is 1.69. The van der Waals surface area contributed by atoms with Crippen LogP contribution in [-0.2, 0) is 6.42 Å². The van der Waals surface area contributed by atoms with E-state index < -0.39 is 0 Å².